The first kappa shape index (κ1) is 18.9. The minimum atomic E-state index is -0.194. The second kappa shape index (κ2) is 7.53. The van der Waals surface area contributed by atoms with Gasteiger partial charge in [0.05, 0.1) is 24.1 Å². The third-order valence-corrected chi connectivity index (χ3v) is 5.33. The van der Waals surface area contributed by atoms with Crippen molar-refractivity contribution < 1.29 is 9.59 Å². The molecule has 0 spiro atoms. The van der Waals surface area contributed by atoms with Crippen LogP contribution in [0.5, 0.6) is 0 Å². The molecule has 0 bridgehead atoms. The number of anilines is 3. The molecule has 2 aliphatic rings. The highest BCUT2D eigenvalue weighted by atomic mass is 16.2. The number of hydrogen-bond donors (Lipinski definition) is 2. The van der Waals surface area contributed by atoms with E-state index < -0.39 is 0 Å². The predicted octanol–water partition coefficient (Wildman–Crippen LogP) is 0.810. The lowest BCUT2D eigenvalue weighted by Crippen LogP contribution is -2.48. The lowest BCUT2D eigenvalue weighted by atomic mass is 10.0. The van der Waals surface area contributed by atoms with E-state index in [0.29, 0.717) is 36.1 Å². The van der Waals surface area contributed by atoms with Gasteiger partial charge in [0.2, 0.25) is 11.9 Å². The molecule has 1 atom stereocenters. The first-order chi connectivity index (χ1) is 14.0. The van der Waals surface area contributed by atoms with Crippen molar-refractivity contribution >= 4 is 29.3 Å². The molecule has 4 rings (SSSR count). The molecule has 1 fully saturated rings. The maximum atomic E-state index is 12.3. The molecule has 2 aliphatic heterocycles. The van der Waals surface area contributed by atoms with Crippen LogP contribution in [0, 0.1) is 0 Å². The van der Waals surface area contributed by atoms with Crippen molar-refractivity contribution in [1.82, 2.24) is 30.0 Å². The molecule has 152 valence electrons. The summed E-state index contributed by atoms with van der Waals surface area (Å²) in [5.74, 6) is 0.715. The Hall–Kier alpha value is -3.43. The summed E-state index contributed by atoms with van der Waals surface area (Å²) in [6.45, 7) is 5.26. The normalized spacial score (nSPS) is 18.2. The molecule has 10 heteroatoms. The Morgan fingerprint density at radius 3 is 3.00 bits per heavy atom. The predicted molar refractivity (Wildman–Crippen MR) is 108 cm³/mol. The van der Waals surface area contributed by atoms with E-state index in [0.717, 1.165) is 25.1 Å². The molecular formula is C19H24N8O2. The van der Waals surface area contributed by atoms with Crippen molar-refractivity contribution in [2.45, 2.75) is 25.4 Å². The third-order valence-electron chi connectivity index (χ3n) is 5.33. The van der Waals surface area contributed by atoms with Crippen LogP contribution in [0.15, 0.2) is 25.0 Å². The monoisotopic (exact) mass is 396 g/mol. The van der Waals surface area contributed by atoms with Crippen molar-refractivity contribution in [1.29, 1.82) is 0 Å². The van der Waals surface area contributed by atoms with E-state index in [9.17, 15) is 9.59 Å². The van der Waals surface area contributed by atoms with Crippen LogP contribution in [0.4, 0.5) is 17.5 Å². The highest BCUT2D eigenvalue weighted by Gasteiger charge is 2.31. The van der Waals surface area contributed by atoms with Crippen LogP contribution in [0.2, 0.25) is 0 Å². The van der Waals surface area contributed by atoms with Gasteiger partial charge in [0, 0.05) is 39.4 Å². The molecule has 0 saturated carbocycles. The molecule has 10 nitrogen and oxygen atoms in total. The second-order valence-electron chi connectivity index (χ2n) is 7.30. The van der Waals surface area contributed by atoms with Crippen LogP contribution in [0.1, 0.15) is 28.9 Å². The Labute approximate surface area is 168 Å². The van der Waals surface area contributed by atoms with Crippen molar-refractivity contribution in [3.63, 3.8) is 0 Å². The molecule has 4 heterocycles. The Kier molecular flexibility index (Phi) is 4.91. The fourth-order valence-corrected chi connectivity index (χ4v) is 3.75. The number of carbonyl (C=O) groups excluding carboxylic acids is 2. The summed E-state index contributed by atoms with van der Waals surface area (Å²) < 4.78 is 1.67. The number of piperidine rings is 1. The van der Waals surface area contributed by atoms with Gasteiger partial charge < -0.3 is 20.4 Å². The minimum Gasteiger partial charge on any atom is -0.346 e. The number of carbonyl (C=O) groups is 2. The van der Waals surface area contributed by atoms with Gasteiger partial charge in [0.25, 0.3) is 5.91 Å². The van der Waals surface area contributed by atoms with Gasteiger partial charge in [-0.05, 0) is 18.9 Å². The van der Waals surface area contributed by atoms with Crippen LogP contribution in [-0.2, 0) is 18.4 Å². The van der Waals surface area contributed by atoms with Gasteiger partial charge in [-0.1, -0.05) is 6.58 Å². The highest BCUT2D eigenvalue weighted by Crippen LogP contribution is 2.28. The second-order valence-corrected chi connectivity index (χ2v) is 7.30. The number of nitrogens with zero attached hydrogens (tertiary/aromatic N) is 6. The summed E-state index contributed by atoms with van der Waals surface area (Å²) in [7, 11) is 3.74. The van der Waals surface area contributed by atoms with E-state index in [1.54, 1.807) is 15.8 Å². The van der Waals surface area contributed by atoms with E-state index in [-0.39, 0.29) is 17.9 Å². The number of likely N-dealkylation sites (tertiary alicyclic amines) is 1. The Morgan fingerprint density at radius 1 is 1.45 bits per heavy atom. The number of hydrogen-bond acceptors (Lipinski definition) is 7. The summed E-state index contributed by atoms with van der Waals surface area (Å²) >= 11 is 0. The summed E-state index contributed by atoms with van der Waals surface area (Å²) in [5, 5.41) is 10.1. The summed E-state index contributed by atoms with van der Waals surface area (Å²) in [6.07, 6.45) is 6.66. The molecule has 0 aliphatic carbocycles. The average Bonchev–Trinajstić information content (AvgIpc) is 3.32. The van der Waals surface area contributed by atoms with Gasteiger partial charge in [-0.3, -0.25) is 14.3 Å². The number of nitrogens with one attached hydrogen (secondary N) is 2. The van der Waals surface area contributed by atoms with Crippen molar-refractivity contribution in [2.75, 3.05) is 30.4 Å². The van der Waals surface area contributed by atoms with Crippen LogP contribution in [-0.4, -0.2) is 62.6 Å². The topological polar surface area (TPSA) is 108 Å². The number of rotatable bonds is 5. The van der Waals surface area contributed by atoms with Crippen LogP contribution >= 0.6 is 0 Å². The first-order valence-electron chi connectivity index (χ1n) is 9.55. The fourth-order valence-electron chi connectivity index (χ4n) is 3.75. The third kappa shape index (κ3) is 3.65. The lowest BCUT2D eigenvalue weighted by molar-refractivity contribution is -0.127. The van der Waals surface area contributed by atoms with E-state index in [2.05, 4.69) is 32.3 Å². The SMILES string of the molecule is C=CC(=O)N1CCCC(N(C)c2nc3c(c(Nc4cnn(C)c4)n2)C(=O)NC3)C1. The standard InChI is InChI=1S/C19H24N8O2/c1-4-15(28)27-7-5-6-13(11-27)26(3)19-23-14-9-20-18(29)16(14)17(24-19)22-12-8-21-25(2)10-12/h4,8,10,13H,1,5-7,9,11H2,2-3H3,(H,20,29)(H,22,23,24). The van der Waals surface area contributed by atoms with Crippen molar-refractivity contribution in [2.24, 2.45) is 7.05 Å². The first-order valence-corrected chi connectivity index (χ1v) is 9.55. The van der Waals surface area contributed by atoms with Gasteiger partial charge in [-0.15, -0.1) is 0 Å². The van der Waals surface area contributed by atoms with E-state index >= 15 is 0 Å². The zero-order valence-electron chi connectivity index (χ0n) is 16.6. The average molecular weight is 396 g/mol. The van der Waals surface area contributed by atoms with Crippen LogP contribution < -0.4 is 15.5 Å². The zero-order chi connectivity index (χ0) is 20.5. The molecular weight excluding hydrogens is 372 g/mol. The smallest absolute Gasteiger partial charge is 0.257 e. The molecule has 1 unspecified atom stereocenters. The molecule has 2 amide bonds. The number of likely N-dealkylation sites (N-methyl/N-ethyl adjacent to an activating group) is 1. The Morgan fingerprint density at radius 2 is 2.28 bits per heavy atom. The molecule has 1 saturated heterocycles. The highest BCUT2D eigenvalue weighted by molar-refractivity contribution is 6.02. The quantitative estimate of drug-likeness (QED) is 0.720. The summed E-state index contributed by atoms with van der Waals surface area (Å²) in [6, 6.07) is 0.0852. The summed E-state index contributed by atoms with van der Waals surface area (Å²) in [4.78, 5) is 37.4. The van der Waals surface area contributed by atoms with Gasteiger partial charge in [-0.25, -0.2) is 4.98 Å². The molecule has 29 heavy (non-hydrogen) atoms. The molecule has 0 aromatic carbocycles. The number of aryl methyl sites for hydroxylation is 1. The Balaban J connectivity index is 1.63. The maximum Gasteiger partial charge on any atom is 0.257 e. The zero-order valence-corrected chi connectivity index (χ0v) is 16.6. The van der Waals surface area contributed by atoms with Crippen molar-refractivity contribution in [3.05, 3.63) is 36.3 Å². The Bertz CT molecular complexity index is 969. The van der Waals surface area contributed by atoms with Gasteiger partial charge in [0.15, 0.2) is 0 Å². The van der Waals surface area contributed by atoms with E-state index in [1.807, 2.05) is 25.2 Å². The van der Waals surface area contributed by atoms with Crippen LogP contribution in [0.3, 0.4) is 0 Å². The largest absolute Gasteiger partial charge is 0.346 e. The molecule has 2 N–H and O–H groups in total. The van der Waals surface area contributed by atoms with Gasteiger partial charge in [-0.2, -0.15) is 10.1 Å². The van der Waals surface area contributed by atoms with Gasteiger partial charge >= 0.3 is 0 Å². The maximum absolute atomic E-state index is 12.3. The summed E-state index contributed by atoms with van der Waals surface area (Å²) in [5.41, 5.74) is 1.85. The van der Waals surface area contributed by atoms with Crippen molar-refractivity contribution in [3.8, 4) is 0 Å². The number of aromatic nitrogens is 4. The van der Waals surface area contributed by atoms with E-state index in [4.69, 9.17) is 0 Å². The molecule has 2 aromatic rings. The minimum absolute atomic E-state index is 0.0632. The van der Waals surface area contributed by atoms with E-state index in [1.165, 1.54) is 6.08 Å². The number of amides is 2. The lowest BCUT2D eigenvalue weighted by Gasteiger charge is -2.37. The fraction of sp³-hybridized carbons (Fsp3) is 0.421. The number of fused-ring (bicyclic) bond motifs is 1. The van der Waals surface area contributed by atoms with Crippen LogP contribution in [0.25, 0.3) is 0 Å². The van der Waals surface area contributed by atoms with Gasteiger partial charge in [0.1, 0.15) is 11.4 Å². The molecule has 2 aromatic heterocycles. The molecule has 0 radical (unpaired) electrons.